The van der Waals surface area contributed by atoms with E-state index in [2.05, 4.69) is 9.68 Å². The fourth-order valence-electron chi connectivity index (χ4n) is 1.39. The smallest absolute Gasteiger partial charge is 0.265 e. The minimum absolute atomic E-state index is 0.00541. The maximum Gasteiger partial charge on any atom is 0.265 e. The Kier molecular flexibility index (Phi) is 3.52. The molecule has 1 aromatic carbocycles. The van der Waals surface area contributed by atoms with Crippen LogP contribution < -0.4 is 4.72 Å². The number of rotatable bonds is 4. The van der Waals surface area contributed by atoms with Gasteiger partial charge in [0.2, 0.25) is 0 Å². The summed E-state index contributed by atoms with van der Waals surface area (Å²) in [5.41, 5.74) is -0.00541. The van der Waals surface area contributed by atoms with Gasteiger partial charge in [0.1, 0.15) is 22.7 Å². The fourth-order valence-corrected chi connectivity index (χ4v) is 3.24. The molecule has 1 heterocycles. The van der Waals surface area contributed by atoms with E-state index >= 15 is 0 Å². The molecule has 10 heteroatoms. The number of sulfone groups is 1. The molecule has 1 N–H and O–H groups in total. The van der Waals surface area contributed by atoms with E-state index in [0.29, 0.717) is 0 Å². The van der Waals surface area contributed by atoms with Gasteiger partial charge in [-0.15, -0.1) is 0 Å². The van der Waals surface area contributed by atoms with Gasteiger partial charge in [0.15, 0.2) is 9.84 Å². The summed E-state index contributed by atoms with van der Waals surface area (Å²) in [5, 5.41) is 3.29. The third-order valence-electron chi connectivity index (χ3n) is 2.30. The predicted molar refractivity (Wildman–Crippen MR) is 66.8 cm³/mol. The van der Waals surface area contributed by atoms with Gasteiger partial charge in [-0.2, -0.15) is 0 Å². The first-order chi connectivity index (χ1) is 9.20. The van der Waals surface area contributed by atoms with E-state index < -0.39 is 30.6 Å². The van der Waals surface area contributed by atoms with Crippen LogP contribution in [-0.2, 0) is 19.9 Å². The lowest BCUT2D eigenvalue weighted by Gasteiger charge is -2.08. The highest BCUT2D eigenvalue weighted by molar-refractivity contribution is 7.93. The van der Waals surface area contributed by atoms with Gasteiger partial charge in [-0.1, -0.05) is 5.16 Å². The molecule has 2 aromatic rings. The van der Waals surface area contributed by atoms with Crippen molar-refractivity contribution in [2.75, 3.05) is 11.0 Å². The van der Waals surface area contributed by atoms with Gasteiger partial charge in [0.25, 0.3) is 10.0 Å². The fraction of sp³-hybridized carbons (Fsp3) is 0.100. The molecule has 108 valence electrons. The Balaban J connectivity index is 2.51. The van der Waals surface area contributed by atoms with Gasteiger partial charge >= 0.3 is 0 Å². The van der Waals surface area contributed by atoms with E-state index in [4.69, 9.17) is 0 Å². The molecule has 20 heavy (non-hydrogen) atoms. The Bertz CT molecular complexity index is 829. The number of anilines is 1. The topological polar surface area (TPSA) is 106 Å². The second-order valence-corrected chi connectivity index (χ2v) is 7.55. The Morgan fingerprint density at radius 2 is 1.95 bits per heavy atom. The first-order valence-electron chi connectivity index (χ1n) is 5.12. The van der Waals surface area contributed by atoms with Crippen LogP contribution in [0.15, 0.2) is 45.0 Å². The first kappa shape index (κ1) is 14.5. The van der Waals surface area contributed by atoms with E-state index in [1.54, 1.807) is 0 Å². The molecule has 0 amide bonds. The summed E-state index contributed by atoms with van der Waals surface area (Å²) in [6.45, 7) is 0. The lowest BCUT2D eigenvalue weighted by atomic mass is 10.3. The summed E-state index contributed by atoms with van der Waals surface area (Å²) in [7, 11) is -7.94. The largest absolute Gasteiger partial charge is 0.362 e. The molecular formula is C10H9FN2O5S2. The number of hydrogen-bond acceptors (Lipinski definition) is 6. The molecule has 0 aliphatic heterocycles. The minimum Gasteiger partial charge on any atom is -0.362 e. The number of nitrogens with zero attached hydrogens (tertiary/aromatic N) is 1. The van der Waals surface area contributed by atoms with Crippen LogP contribution in [0.5, 0.6) is 0 Å². The molecule has 0 saturated heterocycles. The molecule has 0 bridgehead atoms. The Morgan fingerprint density at radius 3 is 2.50 bits per heavy atom. The number of nitrogens with one attached hydrogen (secondary N) is 1. The van der Waals surface area contributed by atoms with Crippen LogP contribution in [0.3, 0.4) is 0 Å². The highest BCUT2D eigenvalue weighted by atomic mass is 32.2. The van der Waals surface area contributed by atoms with E-state index in [0.717, 1.165) is 36.9 Å². The molecule has 0 aliphatic carbocycles. The van der Waals surface area contributed by atoms with Gasteiger partial charge < -0.3 is 4.52 Å². The minimum atomic E-state index is -4.29. The van der Waals surface area contributed by atoms with Crippen LogP contribution in [-0.4, -0.2) is 28.2 Å². The standard InChI is InChI=1S/C10H9FN2O5S2/c1-19(14,15)8-2-3-9(11)10(4-8)20(16,17)13-7-5-12-18-6-7/h2-6,13H,1H3. The maximum absolute atomic E-state index is 13.6. The lowest BCUT2D eigenvalue weighted by molar-refractivity contribution is 0.420. The zero-order valence-electron chi connectivity index (χ0n) is 10.1. The van der Waals surface area contributed by atoms with Crippen LogP contribution in [0, 0.1) is 5.82 Å². The van der Waals surface area contributed by atoms with Gasteiger partial charge in [0.05, 0.1) is 11.1 Å². The average molecular weight is 320 g/mol. The molecule has 0 unspecified atom stereocenters. The molecule has 0 saturated carbocycles. The van der Waals surface area contributed by atoms with Crippen molar-refractivity contribution >= 4 is 25.5 Å². The Labute approximate surface area is 114 Å². The van der Waals surface area contributed by atoms with Gasteiger partial charge in [-0.25, -0.2) is 21.2 Å². The molecule has 0 atom stereocenters. The third kappa shape index (κ3) is 2.96. The summed E-state index contributed by atoms with van der Waals surface area (Å²) in [4.78, 5) is -1.08. The number of halogens is 1. The van der Waals surface area contributed by atoms with Gasteiger partial charge in [-0.3, -0.25) is 4.72 Å². The Morgan fingerprint density at radius 1 is 1.25 bits per heavy atom. The van der Waals surface area contributed by atoms with Crippen molar-refractivity contribution in [1.29, 1.82) is 0 Å². The number of benzene rings is 1. The van der Waals surface area contributed by atoms with Crippen molar-refractivity contribution in [3.05, 3.63) is 36.5 Å². The van der Waals surface area contributed by atoms with Crippen molar-refractivity contribution in [1.82, 2.24) is 5.16 Å². The van der Waals surface area contributed by atoms with E-state index in [1.165, 1.54) is 0 Å². The second-order valence-electron chi connectivity index (χ2n) is 3.88. The molecule has 7 nitrogen and oxygen atoms in total. The molecule has 0 spiro atoms. The Hall–Kier alpha value is -1.94. The third-order valence-corrected chi connectivity index (χ3v) is 4.81. The van der Waals surface area contributed by atoms with Crippen LogP contribution in [0.4, 0.5) is 10.1 Å². The van der Waals surface area contributed by atoms with Gasteiger partial charge in [0, 0.05) is 6.26 Å². The van der Waals surface area contributed by atoms with E-state index in [-0.39, 0.29) is 10.6 Å². The van der Waals surface area contributed by atoms with Gasteiger partial charge in [-0.05, 0) is 18.2 Å². The van der Waals surface area contributed by atoms with E-state index in [9.17, 15) is 21.2 Å². The summed E-state index contributed by atoms with van der Waals surface area (Å²) >= 11 is 0. The van der Waals surface area contributed by atoms with Crippen LogP contribution in [0.2, 0.25) is 0 Å². The predicted octanol–water partition coefficient (Wildman–Crippen LogP) is 1.02. The zero-order chi connectivity index (χ0) is 15.0. The summed E-state index contributed by atoms with van der Waals surface area (Å²) in [6, 6.07) is 2.52. The lowest BCUT2D eigenvalue weighted by Crippen LogP contribution is -2.15. The van der Waals surface area contributed by atoms with E-state index in [1.807, 2.05) is 4.72 Å². The van der Waals surface area contributed by atoms with Crippen molar-refractivity contribution < 1.29 is 25.7 Å². The molecule has 0 fully saturated rings. The van der Waals surface area contributed by atoms with Crippen molar-refractivity contribution in [2.24, 2.45) is 0 Å². The highest BCUT2D eigenvalue weighted by Gasteiger charge is 2.22. The molecule has 2 rings (SSSR count). The molecule has 0 radical (unpaired) electrons. The molecule has 1 aromatic heterocycles. The average Bonchev–Trinajstić information content (AvgIpc) is 2.79. The zero-order valence-corrected chi connectivity index (χ0v) is 11.7. The van der Waals surface area contributed by atoms with Crippen molar-refractivity contribution in [3.8, 4) is 0 Å². The van der Waals surface area contributed by atoms with Crippen molar-refractivity contribution in [2.45, 2.75) is 9.79 Å². The van der Waals surface area contributed by atoms with Crippen LogP contribution in [0.1, 0.15) is 0 Å². The normalized spacial score (nSPS) is 12.3. The summed E-state index contributed by atoms with van der Waals surface area (Å²) in [5.74, 6) is -1.07. The summed E-state index contributed by atoms with van der Waals surface area (Å²) in [6.07, 6.45) is 2.98. The summed E-state index contributed by atoms with van der Waals surface area (Å²) < 4.78 is 66.8. The maximum atomic E-state index is 13.6. The monoisotopic (exact) mass is 320 g/mol. The molecular weight excluding hydrogens is 311 g/mol. The quantitative estimate of drug-likeness (QED) is 0.843. The number of hydrogen-bond donors (Lipinski definition) is 1. The second kappa shape index (κ2) is 4.87. The van der Waals surface area contributed by atoms with Crippen LogP contribution >= 0.6 is 0 Å². The first-order valence-corrected chi connectivity index (χ1v) is 8.49. The highest BCUT2D eigenvalue weighted by Crippen LogP contribution is 2.22. The number of aromatic nitrogens is 1. The SMILES string of the molecule is CS(=O)(=O)c1ccc(F)c(S(=O)(=O)Nc2cnoc2)c1. The molecule has 0 aliphatic rings. The van der Waals surface area contributed by atoms with Crippen molar-refractivity contribution in [3.63, 3.8) is 0 Å². The van der Waals surface area contributed by atoms with Crippen LogP contribution in [0.25, 0.3) is 0 Å². The number of sulfonamides is 1.